The number of hydrogen-bond acceptors (Lipinski definition) is 5. The van der Waals surface area contributed by atoms with Crippen molar-refractivity contribution in [3.05, 3.63) is 66.0 Å². The molecule has 2 aromatic carbocycles. The first-order valence-corrected chi connectivity index (χ1v) is 11.6. The van der Waals surface area contributed by atoms with Gasteiger partial charge in [-0.3, -0.25) is 0 Å². The average Bonchev–Trinajstić information content (AvgIpc) is 2.73. The molecule has 3 aromatic rings. The van der Waals surface area contributed by atoms with Gasteiger partial charge in [0.2, 0.25) is 5.88 Å². The molecule has 0 aliphatic carbocycles. The van der Waals surface area contributed by atoms with Crippen molar-refractivity contribution in [2.24, 2.45) is 0 Å². The Kier molecular flexibility index (Phi) is 6.84. The van der Waals surface area contributed by atoms with Crippen LogP contribution in [0.15, 0.2) is 59.5 Å². The fourth-order valence-corrected chi connectivity index (χ4v) is 3.65. The number of ether oxygens (including phenoxy) is 1. The molecule has 7 heteroatoms. The Bertz CT molecular complexity index is 1110. The molecule has 0 amide bonds. The third kappa shape index (κ3) is 5.04. The highest BCUT2D eigenvalue weighted by molar-refractivity contribution is 7.90. The van der Waals surface area contributed by atoms with Gasteiger partial charge in [-0.05, 0) is 54.4 Å². The first-order chi connectivity index (χ1) is 14.3. The molecule has 0 atom stereocenters. The number of aromatic nitrogens is 1. The van der Waals surface area contributed by atoms with Crippen LogP contribution in [0.3, 0.4) is 0 Å². The van der Waals surface area contributed by atoms with Crippen LogP contribution >= 0.6 is 0 Å². The topological polar surface area (TPSA) is 76.5 Å². The second kappa shape index (κ2) is 9.36. The molecule has 0 unspecified atom stereocenters. The summed E-state index contributed by atoms with van der Waals surface area (Å²) in [5, 5.41) is 9.85. The predicted octanol–water partition coefficient (Wildman–Crippen LogP) is 4.63. The summed E-state index contributed by atoms with van der Waals surface area (Å²) in [6.07, 6.45) is 2.97. The number of rotatable bonds is 8. The average molecular weight is 430 g/mol. The van der Waals surface area contributed by atoms with E-state index in [1.54, 1.807) is 30.3 Å². The number of halogens is 1. The lowest BCUT2D eigenvalue weighted by Crippen LogP contribution is -2.04. The number of aliphatic hydroxyl groups excluding tert-OH is 1. The monoisotopic (exact) mass is 429 g/mol. The molecule has 5 nitrogen and oxygen atoms in total. The summed E-state index contributed by atoms with van der Waals surface area (Å²) in [6, 6.07) is 14.2. The third-order valence-corrected chi connectivity index (χ3v) is 5.81. The van der Waals surface area contributed by atoms with E-state index in [2.05, 4.69) is 11.9 Å². The Hall–Kier alpha value is -2.77. The van der Waals surface area contributed by atoms with Gasteiger partial charge in [0.25, 0.3) is 0 Å². The zero-order valence-corrected chi connectivity index (χ0v) is 17.7. The molecule has 0 radical (unpaired) electrons. The minimum atomic E-state index is -3.32. The second-order valence-electron chi connectivity index (χ2n) is 7.01. The van der Waals surface area contributed by atoms with Crippen molar-refractivity contribution in [3.63, 3.8) is 0 Å². The van der Waals surface area contributed by atoms with E-state index in [0.29, 0.717) is 34.9 Å². The van der Waals surface area contributed by atoms with Crippen LogP contribution in [-0.4, -0.2) is 31.4 Å². The van der Waals surface area contributed by atoms with E-state index in [1.165, 1.54) is 24.3 Å². The van der Waals surface area contributed by atoms with Gasteiger partial charge < -0.3 is 9.84 Å². The van der Waals surface area contributed by atoms with Crippen LogP contribution in [0, 0.1) is 5.82 Å². The van der Waals surface area contributed by atoms with Crippen molar-refractivity contribution in [2.75, 3.05) is 12.9 Å². The minimum absolute atomic E-state index is 0.212. The molecule has 1 N–H and O–H groups in total. The van der Waals surface area contributed by atoms with E-state index in [9.17, 15) is 17.9 Å². The Labute approximate surface area is 176 Å². The Balaban J connectivity index is 2.15. The van der Waals surface area contributed by atoms with Gasteiger partial charge in [-0.2, -0.15) is 0 Å². The van der Waals surface area contributed by atoms with Crippen LogP contribution in [0.4, 0.5) is 4.39 Å². The summed E-state index contributed by atoms with van der Waals surface area (Å²) < 4.78 is 42.8. The van der Waals surface area contributed by atoms with E-state index in [1.807, 2.05) is 0 Å². The van der Waals surface area contributed by atoms with Gasteiger partial charge in [-0.25, -0.2) is 17.8 Å². The number of hydrogen-bond donors (Lipinski definition) is 1. The summed E-state index contributed by atoms with van der Waals surface area (Å²) >= 11 is 0. The minimum Gasteiger partial charge on any atom is -0.477 e. The van der Waals surface area contributed by atoms with Crippen molar-refractivity contribution in [1.29, 1.82) is 0 Å². The predicted molar refractivity (Wildman–Crippen MR) is 115 cm³/mol. The van der Waals surface area contributed by atoms with E-state index in [0.717, 1.165) is 24.7 Å². The van der Waals surface area contributed by atoms with Crippen molar-refractivity contribution >= 4 is 9.84 Å². The van der Waals surface area contributed by atoms with Crippen LogP contribution in [0.25, 0.3) is 22.4 Å². The quantitative estimate of drug-likeness (QED) is 0.529. The van der Waals surface area contributed by atoms with E-state index in [4.69, 9.17) is 4.74 Å². The van der Waals surface area contributed by atoms with E-state index < -0.39 is 9.84 Å². The standard InChI is InChI=1S/C23H24FNO4S/c1-3-4-13-29-23-18(15-26)14-21(16-7-11-20(12-8-16)30(2,27)28)22(25-23)17-5-9-19(24)10-6-17/h5-12,14,26H,3-4,13,15H2,1-2H3. The maximum atomic E-state index is 13.5. The number of unbranched alkanes of at least 4 members (excludes halogenated alkanes) is 1. The van der Waals surface area contributed by atoms with Crippen LogP contribution in [0.1, 0.15) is 25.3 Å². The summed E-state index contributed by atoms with van der Waals surface area (Å²) in [7, 11) is -3.32. The molecule has 0 aliphatic heterocycles. The van der Waals surface area contributed by atoms with E-state index in [-0.39, 0.29) is 17.3 Å². The number of nitrogens with zero attached hydrogens (tertiary/aromatic N) is 1. The van der Waals surface area contributed by atoms with Gasteiger partial charge in [0.05, 0.1) is 23.8 Å². The summed E-state index contributed by atoms with van der Waals surface area (Å²) in [5.41, 5.74) is 3.19. The zero-order valence-electron chi connectivity index (χ0n) is 16.9. The van der Waals surface area contributed by atoms with E-state index >= 15 is 0 Å². The molecule has 1 aromatic heterocycles. The maximum absolute atomic E-state index is 13.5. The van der Waals surface area contributed by atoms with Crippen LogP contribution in [0.2, 0.25) is 0 Å². The molecule has 3 rings (SSSR count). The third-order valence-electron chi connectivity index (χ3n) is 4.68. The molecule has 0 saturated carbocycles. The first kappa shape index (κ1) is 21.9. The highest BCUT2D eigenvalue weighted by Gasteiger charge is 2.17. The molecular formula is C23H24FNO4S. The SMILES string of the molecule is CCCCOc1nc(-c2ccc(F)cc2)c(-c2ccc(S(C)(=O)=O)cc2)cc1CO. The largest absolute Gasteiger partial charge is 0.477 e. The molecule has 0 bridgehead atoms. The maximum Gasteiger partial charge on any atom is 0.219 e. The van der Waals surface area contributed by atoms with Gasteiger partial charge in [0.1, 0.15) is 5.82 Å². The van der Waals surface area contributed by atoms with Crippen LogP contribution in [0.5, 0.6) is 5.88 Å². The molecule has 158 valence electrons. The normalized spacial score (nSPS) is 11.5. The summed E-state index contributed by atoms with van der Waals surface area (Å²) in [4.78, 5) is 4.85. The highest BCUT2D eigenvalue weighted by Crippen LogP contribution is 2.35. The zero-order chi connectivity index (χ0) is 21.7. The van der Waals surface area contributed by atoms with Crippen molar-refractivity contribution in [3.8, 4) is 28.3 Å². The van der Waals surface area contributed by atoms with Gasteiger partial charge in [-0.1, -0.05) is 25.5 Å². The molecule has 0 spiro atoms. The van der Waals surface area contributed by atoms with Crippen LogP contribution < -0.4 is 4.74 Å². The highest BCUT2D eigenvalue weighted by atomic mass is 32.2. The van der Waals surface area contributed by atoms with Gasteiger partial charge in [-0.15, -0.1) is 0 Å². The Morgan fingerprint density at radius 2 is 1.67 bits per heavy atom. The summed E-state index contributed by atoms with van der Waals surface area (Å²) in [5.74, 6) is -0.0222. The molecule has 1 heterocycles. The molecule has 0 fully saturated rings. The van der Waals surface area contributed by atoms with Gasteiger partial charge in [0.15, 0.2) is 9.84 Å². The fraction of sp³-hybridized carbons (Fsp3) is 0.261. The lowest BCUT2D eigenvalue weighted by Gasteiger charge is -2.16. The molecule has 0 saturated heterocycles. The van der Waals surface area contributed by atoms with Gasteiger partial charge in [0, 0.05) is 22.9 Å². The van der Waals surface area contributed by atoms with Crippen molar-refractivity contribution < 1.29 is 22.7 Å². The molecular weight excluding hydrogens is 405 g/mol. The lowest BCUT2D eigenvalue weighted by molar-refractivity contribution is 0.255. The van der Waals surface area contributed by atoms with Crippen LogP contribution in [-0.2, 0) is 16.4 Å². The number of aliphatic hydroxyl groups is 1. The lowest BCUT2D eigenvalue weighted by atomic mass is 9.97. The Morgan fingerprint density at radius 1 is 1.03 bits per heavy atom. The van der Waals surface area contributed by atoms with Crippen molar-refractivity contribution in [2.45, 2.75) is 31.3 Å². The fourth-order valence-electron chi connectivity index (χ4n) is 3.02. The smallest absolute Gasteiger partial charge is 0.219 e. The van der Waals surface area contributed by atoms with Crippen molar-refractivity contribution in [1.82, 2.24) is 4.98 Å². The number of pyridine rings is 1. The summed E-state index contributed by atoms with van der Waals surface area (Å²) in [6.45, 7) is 2.27. The van der Waals surface area contributed by atoms with Gasteiger partial charge >= 0.3 is 0 Å². The molecule has 30 heavy (non-hydrogen) atoms. The second-order valence-corrected chi connectivity index (χ2v) is 9.03. The first-order valence-electron chi connectivity index (χ1n) is 9.67. The Morgan fingerprint density at radius 3 is 2.23 bits per heavy atom. The number of sulfone groups is 1. The number of benzene rings is 2. The molecule has 0 aliphatic rings.